The van der Waals surface area contributed by atoms with Gasteiger partial charge in [-0.1, -0.05) is 48.5 Å². The zero-order valence-electron chi connectivity index (χ0n) is 11.2. The van der Waals surface area contributed by atoms with Crippen molar-refractivity contribution in [2.24, 2.45) is 0 Å². The van der Waals surface area contributed by atoms with Crippen LogP contribution in [0.3, 0.4) is 0 Å². The van der Waals surface area contributed by atoms with E-state index < -0.39 is 0 Å². The zero-order chi connectivity index (χ0) is 13.2. The second kappa shape index (κ2) is 4.89. The molecular formula is C19H18. The summed E-state index contributed by atoms with van der Waals surface area (Å²) in [6, 6.07) is 17.7. The van der Waals surface area contributed by atoms with Crippen molar-refractivity contribution >= 4 is 21.5 Å². The van der Waals surface area contributed by atoms with Crippen molar-refractivity contribution < 1.29 is 0 Å². The molecule has 4 rings (SSSR count). The fourth-order valence-electron chi connectivity index (χ4n) is 3.30. The first-order valence-electron chi connectivity index (χ1n) is 6.86. The van der Waals surface area contributed by atoms with E-state index in [1.165, 1.54) is 40.8 Å². The number of fused-ring (bicyclic) bond motifs is 6. The molecule has 19 heavy (non-hydrogen) atoms. The van der Waals surface area contributed by atoms with Crippen molar-refractivity contribution in [1.29, 1.82) is 0 Å². The van der Waals surface area contributed by atoms with Crippen LogP contribution in [-0.2, 0) is 12.8 Å². The van der Waals surface area contributed by atoms with Crippen LogP contribution in [0.1, 0.15) is 17.5 Å². The Kier molecular flexibility index (Phi) is 3.08. The van der Waals surface area contributed by atoms with Crippen LogP contribution < -0.4 is 0 Å². The molecule has 1 aliphatic rings. The maximum absolute atomic E-state index is 3.00. The van der Waals surface area contributed by atoms with Crippen LogP contribution in [0.25, 0.3) is 21.5 Å². The summed E-state index contributed by atoms with van der Waals surface area (Å²) in [5, 5.41) is 5.78. The maximum Gasteiger partial charge on any atom is -0.0102 e. The third kappa shape index (κ3) is 1.76. The molecule has 0 amide bonds. The molecule has 0 fully saturated rings. The number of rotatable bonds is 0. The summed E-state index contributed by atoms with van der Waals surface area (Å²) in [4.78, 5) is 0. The molecule has 0 spiro atoms. The highest BCUT2D eigenvalue weighted by molar-refractivity contribution is 6.10. The number of hydrogen-bond acceptors (Lipinski definition) is 0. The minimum Gasteiger partial charge on any atom is -0.106 e. The number of hydrogen-bond donors (Lipinski definition) is 0. The lowest BCUT2D eigenvalue weighted by Crippen LogP contribution is -1.88. The van der Waals surface area contributed by atoms with Gasteiger partial charge in [0.1, 0.15) is 0 Å². The van der Waals surface area contributed by atoms with Gasteiger partial charge in [0.25, 0.3) is 0 Å². The van der Waals surface area contributed by atoms with Gasteiger partial charge in [0.15, 0.2) is 0 Å². The summed E-state index contributed by atoms with van der Waals surface area (Å²) in [5.41, 5.74) is 3.19. The molecule has 0 aliphatic heterocycles. The molecule has 0 nitrogen and oxygen atoms in total. The van der Waals surface area contributed by atoms with E-state index in [-0.39, 0.29) is 0 Å². The molecule has 0 N–H and O–H groups in total. The van der Waals surface area contributed by atoms with Gasteiger partial charge in [-0.05, 0) is 51.9 Å². The van der Waals surface area contributed by atoms with Gasteiger partial charge < -0.3 is 0 Å². The van der Waals surface area contributed by atoms with Gasteiger partial charge in [-0.25, -0.2) is 0 Å². The van der Waals surface area contributed by atoms with Gasteiger partial charge in [-0.15, -0.1) is 13.2 Å². The first kappa shape index (κ1) is 12.0. The van der Waals surface area contributed by atoms with Crippen molar-refractivity contribution in [1.82, 2.24) is 0 Å². The lowest BCUT2D eigenvalue weighted by molar-refractivity contribution is 0.915. The van der Waals surface area contributed by atoms with Crippen LogP contribution in [0, 0.1) is 0 Å². The minimum absolute atomic E-state index is 1.25. The van der Waals surface area contributed by atoms with Gasteiger partial charge >= 0.3 is 0 Å². The molecular weight excluding hydrogens is 228 g/mol. The lowest BCUT2D eigenvalue weighted by atomic mass is 9.93. The Bertz CT molecular complexity index is 675. The smallest absolute Gasteiger partial charge is 0.0102 e. The van der Waals surface area contributed by atoms with Crippen molar-refractivity contribution in [3.05, 3.63) is 72.8 Å². The summed E-state index contributed by atoms with van der Waals surface area (Å²) in [6.45, 7) is 6.00. The van der Waals surface area contributed by atoms with E-state index in [9.17, 15) is 0 Å². The number of aryl methyl sites for hydroxylation is 2. The van der Waals surface area contributed by atoms with E-state index in [1.54, 1.807) is 11.1 Å². The normalized spacial score (nSPS) is 13.1. The van der Waals surface area contributed by atoms with Crippen LogP contribution in [0.2, 0.25) is 0 Å². The van der Waals surface area contributed by atoms with Crippen LogP contribution in [-0.4, -0.2) is 0 Å². The summed E-state index contributed by atoms with van der Waals surface area (Å²) >= 11 is 0. The van der Waals surface area contributed by atoms with Crippen LogP contribution in [0.4, 0.5) is 0 Å². The molecule has 0 heterocycles. The van der Waals surface area contributed by atoms with Crippen molar-refractivity contribution in [2.45, 2.75) is 19.3 Å². The molecule has 94 valence electrons. The van der Waals surface area contributed by atoms with E-state index in [4.69, 9.17) is 0 Å². The minimum atomic E-state index is 1.25. The molecule has 0 saturated carbocycles. The second-order valence-electron chi connectivity index (χ2n) is 4.90. The summed E-state index contributed by atoms with van der Waals surface area (Å²) < 4.78 is 0. The topological polar surface area (TPSA) is 0 Å². The molecule has 0 heteroatoms. The fraction of sp³-hybridized carbons (Fsp3) is 0.158. The number of benzene rings is 3. The molecule has 3 aromatic carbocycles. The largest absolute Gasteiger partial charge is 0.106 e. The van der Waals surface area contributed by atoms with Crippen LogP contribution in [0.15, 0.2) is 61.7 Å². The Hall–Kier alpha value is -2.08. The first-order valence-corrected chi connectivity index (χ1v) is 6.86. The van der Waals surface area contributed by atoms with E-state index in [2.05, 4.69) is 61.7 Å². The van der Waals surface area contributed by atoms with E-state index >= 15 is 0 Å². The summed E-state index contributed by atoms with van der Waals surface area (Å²) in [7, 11) is 0. The molecule has 1 aliphatic carbocycles. The van der Waals surface area contributed by atoms with Gasteiger partial charge in [-0.2, -0.15) is 0 Å². The molecule has 3 aromatic rings. The SMILES string of the molecule is C=C.c1ccc2c(c1)c1c(c3ccccc32)CCC1. The Morgan fingerprint density at radius 2 is 0.947 bits per heavy atom. The standard InChI is InChI=1S/C17H14.C2H4/c1-3-8-14-12(6-1)13-7-2-4-9-15(13)17-11-5-10-16(14)17;1-2/h1-4,6-9H,5,10-11H2;1-2H2. The van der Waals surface area contributed by atoms with E-state index in [1.807, 2.05) is 0 Å². The Morgan fingerprint density at radius 1 is 0.579 bits per heavy atom. The van der Waals surface area contributed by atoms with Crippen molar-refractivity contribution in [2.75, 3.05) is 0 Å². The average Bonchev–Trinajstić information content (AvgIpc) is 3.00. The molecule has 0 bridgehead atoms. The molecule has 0 radical (unpaired) electrons. The van der Waals surface area contributed by atoms with Gasteiger partial charge in [0.2, 0.25) is 0 Å². The maximum atomic E-state index is 3.00. The van der Waals surface area contributed by atoms with Gasteiger partial charge in [0, 0.05) is 0 Å². The van der Waals surface area contributed by atoms with Crippen LogP contribution in [0.5, 0.6) is 0 Å². The fourth-order valence-corrected chi connectivity index (χ4v) is 3.30. The Morgan fingerprint density at radius 3 is 1.37 bits per heavy atom. The van der Waals surface area contributed by atoms with Crippen LogP contribution >= 0.6 is 0 Å². The van der Waals surface area contributed by atoms with Crippen molar-refractivity contribution in [3.63, 3.8) is 0 Å². The monoisotopic (exact) mass is 246 g/mol. The Balaban J connectivity index is 0.000000528. The molecule has 0 atom stereocenters. The predicted molar refractivity (Wildman–Crippen MR) is 84.7 cm³/mol. The highest BCUT2D eigenvalue weighted by atomic mass is 14.2. The second-order valence-corrected chi connectivity index (χ2v) is 4.90. The van der Waals surface area contributed by atoms with E-state index in [0.717, 1.165) is 0 Å². The first-order chi connectivity index (χ1) is 9.45. The third-order valence-electron chi connectivity index (χ3n) is 4.01. The molecule has 0 unspecified atom stereocenters. The highest BCUT2D eigenvalue weighted by Crippen LogP contribution is 2.37. The van der Waals surface area contributed by atoms with Crippen molar-refractivity contribution in [3.8, 4) is 0 Å². The molecule has 0 aromatic heterocycles. The zero-order valence-corrected chi connectivity index (χ0v) is 11.2. The summed E-state index contributed by atoms with van der Waals surface area (Å²) in [6.07, 6.45) is 3.81. The average molecular weight is 246 g/mol. The lowest BCUT2D eigenvalue weighted by Gasteiger charge is -2.11. The highest BCUT2D eigenvalue weighted by Gasteiger charge is 2.17. The van der Waals surface area contributed by atoms with Gasteiger partial charge in [0.05, 0.1) is 0 Å². The quantitative estimate of drug-likeness (QED) is 0.374. The Labute approximate surface area is 114 Å². The molecule has 0 saturated heterocycles. The van der Waals surface area contributed by atoms with Gasteiger partial charge in [-0.3, -0.25) is 0 Å². The predicted octanol–water partition coefficient (Wildman–Crippen LogP) is 5.28. The summed E-state index contributed by atoms with van der Waals surface area (Å²) in [5.74, 6) is 0. The third-order valence-corrected chi connectivity index (χ3v) is 4.01. The van der Waals surface area contributed by atoms with E-state index in [0.29, 0.717) is 0 Å².